The highest BCUT2D eigenvalue weighted by atomic mass is 32.2. The van der Waals surface area contributed by atoms with Crippen LogP contribution in [0.25, 0.3) is 0 Å². The Labute approximate surface area is 81.0 Å². The second-order valence-electron chi connectivity index (χ2n) is 3.83. The van der Waals surface area contributed by atoms with Gasteiger partial charge >= 0.3 is 0 Å². The molecule has 1 atom stereocenters. The number of hydrogen-bond acceptors (Lipinski definition) is 3. The highest BCUT2D eigenvalue weighted by Gasteiger charge is 2.28. The topological polar surface area (TPSA) is 37.4 Å². The molecule has 0 N–H and O–H groups in total. The summed E-state index contributed by atoms with van der Waals surface area (Å²) in [5, 5.41) is -0.168. The lowest BCUT2D eigenvalue weighted by Gasteiger charge is -2.30. The van der Waals surface area contributed by atoms with Crippen molar-refractivity contribution in [2.45, 2.75) is 31.9 Å². The molecular formula is C9H19NO2S. The molecule has 1 rings (SSSR count). The fourth-order valence-electron chi connectivity index (χ4n) is 1.61. The van der Waals surface area contributed by atoms with Crippen molar-refractivity contribution in [3.05, 3.63) is 0 Å². The van der Waals surface area contributed by atoms with Crippen LogP contribution < -0.4 is 0 Å². The number of hydrogen-bond donors (Lipinski definition) is 0. The van der Waals surface area contributed by atoms with E-state index in [-0.39, 0.29) is 5.25 Å². The average molecular weight is 205 g/mol. The van der Waals surface area contributed by atoms with Gasteiger partial charge in [0.15, 0.2) is 9.84 Å². The highest BCUT2D eigenvalue weighted by Crippen LogP contribution is 2.12. The molecule has 0 aromatic heterocycles. The van der Waals surface area contributed by atoms with Gasteiger partial charge in [-0.25, -0.2) is 8.42 Å². The van der Waals surface area contributed by atoms with Crippen LogP contribution in [-0.4, -0.2) is 44.0 Å². The summed E-state index contributed by atoms with van der Waals surface area (Å²) in [6.07, 6.45) is 2.35. The Morgan fingerprint density at radius 2 is 2.15 bits per heavy atom. The Balaban J connectivity index is 2.42. The Hall–Kier alpha value is -0.0900. The van der Waals surface area contributed by atoms with Gasteiger partial charge in [0.05, 0.1) is 11.0 Å². The quantitative estimate of drug-likeness (QED) is 0.687. The number of rotatable bonds is 3. The Morgan fingerprint density at radius 3 is 2.69 bits per heavy atom. The monoisotopic (exact) mass is 205 g/mol. The first kappa shape index (κ1) is 11.0. The van der Waals surface area contributed by atoms with E-state index >= 15 is 0 Å². The predicted molar refractivity (Wildman–Crippen MR) is 54.6 cm³/mol. The van der Waals surface area contributed by atoms with Crippen LogP contribution in [0.1, 0.15) is 26.7 Å². The summed E-state index contributed by atoms with van der Waals surface area (Å²) in [7, 11) is -2.76. The van der Waals surface area contributed by atoms with E-state index in [0.29, 0.717) is 5.75 Å². The Bertz CT molecular complexity index is 248. The Morgan fingerprint density at radius 1 is 1.46 bits per heavy atom. The largest absolute Gasteiger partial charge is 0.301 e. The lowest BCUT2D eigenvalue weighted by atomic mass is 10.3. The molecule has 0 aromatic carbocycles. The van der Waals surface area contributed by atoms with Crippen LogP contribution in [0.2, 0.25) is 0 Å². The minimum Gasteiger partial charge on any atom is -0.301 e. The molecule has 0 aliphatic carbocycles. The third kappa shape index (κ3) is 2.95. The molecule has 1 unspecified atom stereocenters. The second-order valence-corrected chi connectivity index (χ2v) is 6.37. The van der Waals surface area contributed by atoms with Gasteiger partial charge in [-0.2, -0.15) is 0 Å². The number of sulfone groups is 1. The van der Waals surface area contributed by atoms with E-state index < -0.39 is 9.84 Å². The summed E-state index contributed by atoms with van der Waals surface area (Å²) in [6.45, 7) is 6.48. The van der Waals surface area contributed by atoms with Gasteiger partial charge in [-0.3, -0.25) is 0 Å². The van der Waals surface area contributed by atoms with Crippen LogP contribution in [0, 0.1) is 0 Å². The van der Waals surface area contributed by atoms with E-state index in [1.54, 1.807) is 0 Å². The van der Waals surface area contributed by atoms with E-state index in [9.17, 15) is 8.42 Å². The second kappa shape index (κ2) is 4.42. The van der Waals surface area contributed by atoms with Crippen LogP contribution in [0.3, 0.4) is 0 Å². The summed E-state index contributed by atoms with van der Waals surface area (Å²) in [6, 6.07) is 0. The minimum absolute atomic E-state index is 0.168. The molecule has 1 saturated heterocycles. The van der Waals surface area contributed by atoms with Gasteiger partial charge in [0.1, 0.15) is 0 Å². The van der Waals surface area contributed by atoms with Gasteiger partial charge in [0.2, 0.25) is 0 Å². The molecule has 1 aliphatic rings. The van der Waals surface area contributed by atoms with Crippen LogP contribution in [0.4, 0.5) is 0 Å². The highest BCUT2D eigenvalue weighted by molar-refractivity contribution is 7.92. The molecule has 0 amide bonds. The van der Waals surface area contributed by atoms with E-state index in [1.807, 2.05) is 6.92 Å². The zero-order valence-corrected chi connectivity index (χ0v) is 9.31. The van der Waals surface area contributed by atoms with Crippen molar-refractivity contribution in [3.8, 4) is 0 Å². The fourth-order valence-corrected chi connectivity index (χ4v) is 2.96. The zero-order chi connectivity index (χ0) is 9.90. The molecule has 78 valence electrons. The maximum atomic E-state index is 11.4. The van der Waals surface area contributed by atoms with Gasteiger partial charge in [0, 0.05) is 13.1 Å². The summed E-state index contributed by atoms with van der Waals surface area (Å²) in [4.78, 5) is 2.26. The molecule has 1 fully saturated rings. The van der Waals surface area contributed by atoms with Crippen molar-refractivity contribution in [3.63, 3.8) is 0 Å². The van der Waals surface area contributed by atoms with Gasteiger partial charge in [-0.1, -0.05) is 13.3 Å². The van der Waals surface area contributed by atoms with Crippen molar-refractivity contribution in [1.82, 2.24) is 4.90 Å². The summed E-state index contributed by atoms with van der Waals surface area (Å²) < 4.78 is 22.7. The molecule has 4 heteroatoms. The minimum atomic E-state index is -2.76. The third-order valence-electron chi connectivity index (χ3n) is 2.65. The summed E-state index contributed by atoms with van der Waals surface area (Å²) in [5.74, 6) is 0.345. The van der Waals surface area contributed by atoms with Crippen molar-refractivity contribution in [2.24, 2.45) is 0 Å². The maximum absolute atomic E-state index is 11.4. The van der Waals surface area contributed by atoms with E-state index in [4.69, 9.17) is 0 Å². The first-order valence-corrected chi connectivity index (χ1v) is 6.71. The molecular weight excluding hydrogens is 186 g/mol. The lowest BCUT2D eigenvalue weighted by molar-refractivity contribution is 0.274. The van der Waals surface area contributed by atoms with Gasteiger partial charge in [-0.15, -0.1) is 0 Å². The standard InChI is InChI=1S/C9H19NO2S/c1-3-4-5-10-6-7-13(11,12)9(2)8-10/h9H,3-8H2,1-2H3. The van der Waals surface area contributed by atoms with Crippen LogP contribution in [-0.2, 0) is 9.84 Å². The van der Waals surface area contributed by atoms with E-state index in [2.05, 4.69) is 11.8 Å². The number of nitrogens with zero attached hydrogens (tertiary/aromatic N) is 1. The molecule has 0 radical (unpaired) electrons. The molecule has 0 spiro atoms. The van der Waals surface area contributed by atoms with Crippen molar-refractivity contribution < 1.29 is 8.42 Å². The summed E-state index contributed by atoms with van der Waals surface area (Å²) >= 11 is 0. The van der Waals surface area contributed by atoms with Crippen LogP contribution >= 0.6 is 0 Å². The zero-order valence-electron chi connectivity index (χ0n) is 8.49. The molecule has 1 heterocycles. The molecule has 13 heavy (non-hydrogen) atoms. The van der Waals surface area contributed by atoms with E-state index in [0.717, 1.165) is 19.6 Å². The van der Waals surface area contributed by atoms with Gasteiger partial charge in [0.25, 0.3) is 0 Å². The first-order chi connectivity index (χ1) is 6.06. The summed E-state index contributed by atoms with van der Waals surface area (Å²) in [5.41, 5.74) is 0. The predicted octanol–water partition coefficient (Wildman–Crippen LogP) is 0.905. The molecule has 3 nitrogen and oxygen atoms in total. The van der Waals surface area contributed by atoms with E-state index in [1.165, 1.54) is 12.8 Å². The molecule has 1 aliphatic heterocycles. The van der Waals surface area contributed by atoms with Crippen molar-refractivity contribution in [2.75, 3.05) is 25.4 Å². The Kier molecular flexibility index (Phi) is 3.74. The molecule has 0 aromatic rings. The lowest BCUT2D eigenvalue weighted by Crippen LogP contribution is -2.45. The van der Waals surface area contributed by atoms with Crippen LogP contribution in [0.5, 0.6) is 0 Å². The van der Waals surface area contributed by atoms with Gasteiger partial charge in [-0.05, 0) is 19.9 Å². The molecule has 0 bridgehead atoms. The average Bonchev–Trinajstić information content (AvgIpc) is 2.07. The maximum Gasteiger partial charge on any atom is 0.155 e. The first-order valence-electron chi connectivity index (χ1n) is 5.00. The normalized spacial score (nSPS) is 28.9. The van der Waals surface area contributed by atoms with Crippen molar-refractivity contribution in [1.29, 1.82) is 0 Å². The van der Waals surface area contributed by atoms with Crippen LogP contribution in [0.15, 0.2) is 0 Å². The van der Waals surface area contributed by atoms with Crippen molar-refractivity contribution >= 4 is 9.84 Å². The third-order valence-corrected chi connectivity index (χ3v) is 4.78. The SMILES string of the molecule is CCCCN1CCS(=O)(=O)C(C)C1. The molecule has 0 saturated carbocycles. The smallest absolute Gasteiger partial charge is 0.155 e. The fraction of sp³-hybridized carbons (Fsp3) is 1.00. The number of unbranched alkanes of at least 4 members (excludes halogenated alkanes) is 1. The van der Waals surface area contributed by atoms with Gasteiger partial charge < -0.3 is 4.90 Å².